The van der Waals surface area contributed by atoms with Gasteiger partial charge in [-0.1, -0.05) is 24.3 Å². The summed E-state index contributed by atoms with van der Waals surface area (Å²) in [5.74, 6) is -0.362. The largest absolute Gasteiger partial charge is 0.379 e. The van der Waals surface area contributed by atoms with Crippen molar-refractivity contribution in [3.63, 3.8) is 0 Å². The summed E-state index contributed by atoms with van der Waals surface area (Å²) >= 11 is 2.96. The van der Waals surface area contributed by atoms with Crippen LogP contribution in [0, 0.1) is 19.7 Å². The molecular weight excluding hydrogens is 407 g/mol. The number of ether oxygens (including phenoxy) is 1. The van der Waals surface area contributed by atoms with E-state index >= 15 is 0 Å². The van der Waals surface area contributed by atoms with E-state index in [1.165, 1.54) is 17.4 Å². The van der Waals surface area contributed by atoms with E-state index in [2.05, 4.69) is 17.1 Å². The van der Waals surface area contributed by atoms with Gasteiger partial charge in [0.05, 0.1) is 24.1 Å². The molecule has 1 atom stereocenters. The van der Waals surface area contributed by atoms with Crippen molar-refractivity contribution < 1.29 is 13.9 Å². The summed E-state index contributed by atoms with van der Waals surface area (Å²) in [4.78, 5) is 16.8. The number of anilines is 1. The van der Waals surface area contributed by atoms with E-state index in [1.807, 2.05) is 36.6 Å². The van der Waals surface area contributed by atoms with E-state index < -0.39 is 0 Å². The topological polar surface area (TPSA) is 41.6 Å². The SMILES string of the molecule is Cc1sc(NC(=O)c2cccs2)c([C@H](c2ccccc2F)N2CCOCC2)c1C. The lowest BCUT2D eigenvalue weighted by Gasteiger charge is -2.35. The zero-order valence-electron chi connectivity index (χ0n) is 16.4. The van der Waals surface area contributed by atoms with E-state index in [0.717, 1.165) is 21.0 Å². The first-order valence-electron chi connectivity index (χ1n) is 9.57. The Morgan fingerprint density at radius 2 is 1.93 bits per heavy atom. The molecule has 0 saturated carbocycles. The number of benzene rings is 1. The molecule has 0 unspecified atom stereocenters. The van der Waals surface area contributed by atoms with Crippen LogP contribution in [-0.2, 0) is 4.74 Å². The Hall–Kier alpha value is -2.06. The highest BCUT2D eigenvalue weighted by atomic mass is 32.1. The molecule has 2 aromatic heterocycles. The van der Waals surface area contributed by atoms with Crippen LogP contribution in [0.25, 0.3) is 0 Å². The van der Waals surface area contributed by atoms with Gasteiger partial charge < -0.3 is 10.1 Å². The molecule has 3 heterocycles. The first-order valence-corrected chi connectivity index (χ1v) is 11.3. The van der Waals surface area contributed by atoms with Crippen molar-refractivity contribution in [2.24, 2.45) is 0 Å². The summed E-state index contributed by atoms with van der Waals surface area (Å²) in [6.45, 7) is 6.75. The fourth-order valence-electron chi connectivity index (χ4n) is 3.71. The van der Waals surface area contributed by atoms with Crippen LogP contribution in [0.1, 0.15) is 37.3 Å². The molecule has 0 bridgehead atoms. The number of halogens is 1. The van der Waals surface area contributed by atoms with Crippen LogP contribution in [0.3, 0.4) is 0 Å². The molecule has 3 aromatic rings. The third-order valence-electron chi connectivity index (χ3n) is 5.29. The van der Waals surface area contributed by atoms with Gasteiger partial charge in [0.1, 0.15) is 10.8 Å². The average molecular weight is 431 g/mol. The number of nitrogens with one attached hydrogen (secondary N) is 1. The minimum absolute atomic E-state index is 0.128. The maximum Gasteiger partial charge on any atom is 0.266 e. The highest BCUT2D eigenvalue weighted by molar-refractivity contribution is 7.17. The molecule has 0 aliphatic carbocycles. The summed E-state index contributed by atoms with van der Waals surface area (Å²) in [7, 11) is 0. The Balaban J connectivity index is 1.79. The predicted molar refractivity (Wildman–Crippen MR) is 117 cm³/mol. The van der Waals surface area contributed by atoms with Gasteiger partial charge in [-0.15, -0.1) is 22.7 Å². The fraction of sp³-hybridized carbons (Fsp3) is 0.318. The molecule has 1 fully saturated rings. The number of hydrogen-bond donors (Lipinski definition) is 1. The second-order valence-corrected chi connectivity index (χ2v) is 9.20. The second kappa shape index (κ2) is 8.75. The van der Waals surface area contributed by atoms with Crippen molar-refractivity contribution in [1.29, 1.82) is 0 Å². The summed E-state index contributed by atoms with van der Waals surface area (Å²) in [5.41, 5.74) is 2.70. The Kier molecular flexibility index (Phi) is 6.10. The summed E-state index contributed by atoms with van der Waals surface area (Å²) in [6, 6.07) is 10.3. The Morgan fingerprint density at radius 1 is 1.17 bits per heavy atom. The van der Waals surface area contributed by atoms with Gasteiger partial charge in [-0.2, -0.15) is 0 Å². The van der Waals surface area contributed by atoms with Crippen LogP contribution in [0.2, 0.25) is 0 Å². The molecule has 1 aliphatic rings. The maximum atomic E-state index is 14.9. The third kappa shape index (κ3) is 4.14. The zero-order valence-corrected chi connectivity index (χ0v) is 18.0. The lowest BCUT2D eigenvalue weighted by atomic mass is 9.94. The van der Waals surface area contributed by atoms with Gasteiger partial charge in [0.2, 0.25) is 0 Å². The Morgan fingerprint density at radius 3 is 2.62 bits per heavy atom. The number of amides is 1. The van der Waals surface area contributed by atoms with Gasteiger partial charge >= 0.3 is 0 Å². The fourth-order valence-corrected chi connectivity index (χ4v) is 5.41. The molecule has 1 aromatic carbocycles. The Bertz CT molecular complexity index is 994. The minimum atomic E-state index is -0.274. The van der Waals surface area contributed by atoms with Crippen molar-refractivity contribution in [3.05, 3.63) is 74.0 Å². The number of carbonyl (C=O) groups is 1. The Labute approximate surface area is 177 Å². The third-order valence-corrected chi connectivity index (χ3v) is 7.30. The van der Waals surface area contributed by atoms with Crippen molar-refractivity contribution >= 4 is 33.6 Å². The van der Waals surface area contributed by atoms with Crippen LogP contribution in [-0.4, -0.2) is 37.1 Å². The maximum absolute atomic E-state index is 14.9. The number of rotatable bonds is 5. The monoisotopic (exact) mass is 430 g/mol. The molecule has 4 nitrogen and oxygen atoms in total. The van der Waals surface area contributed by atoms with Crippen molar-refractivity contribution in [2.75, 3.05) is 31.6 Å². The number of aryl methyl sites for hydroxylation is 1. The summed E-state index contributed by atoms with van der Waals surface area (Å²) in [5, 5.41) is 5.77. The van der Waals surface area contributed by atoms with Gasteiger partial charge in [-0.05, 0) is 36.9 Å². The number of hydrogen-bond acceptors (Lipinski definition) is 5. The first-order chi connectivity index (χ1) is 14.1. The van der Waals surface area contributed by atoms with Gasteiger partial charge in [0.15, 0.2) is 0 Å². The minimum Gasteiger partial charge on any atom is -0.379 e. The number of nitrogens with zero attached hydrogens (tertiary/aromatic N) is 1. The molecule has 0 radical (unpaired) electrons. The zero-order chi connectivity index (χ0) is 20.4. The van der Waals surface area contributed by atoms with Crippen LogP contribution in [0.4, 0.5) is 9.39 Å². The highest BCUT2D eigenvalue weighted by Crippen LogP contribution is 2.43. The standard InChI is InChI=1S/C22H23FN2O2S2/c1-14-15(2)29-22(24-21(26)18-8-5-13-28-18)19(14)20(25-9-11-27-12-10-25)16-6-3-4-7-17(16)23/h3-8,13,20H,9-12H2,1-2H3,(H,24,26)/t20-/m0/s1. The van der Waals surface area contributed by atoms with Crippen LogP contribution < -0.4 is 5.32 Å². The lowest BCUT2D eigenvalue weighted by molar-refractivity contribution is 0.0234. The van der Waals surface area contributed by atoms with E-state index in [4.69, 9.17) is 4.74 Å². The molecule has 1 N–H and O–H groups in total. The number of carbonyl (C=O) groups excluding carboxylic acids is 1. The molecule has 1 aliphatic heterocycles. The predicted octanol–water partition coefficient (Wildman–Crippen LogP) is 5.24. The molecule has 7 heteroatoms. The molecule has 0 spiro atoms. The van der Waals surface area contributed by atoms with Crippen molar-refractivity contribution in [1.82, 2.24) is 4.90 Å². The first kappa shape index (κ1) is 20.2. The van der Waals surface area contributed by atoms with E-state index in [0.29, 0.717) is 36.7 Å². The van der Waals surface area contributed by atoms with Crippen LogP contribution >= 0.6 is 22.7 Å². The van der Waals surface area contributed by atoms with E-state index in [1.54, 1.807) is 17.4 Å². The molecule has 1 amide bonds. The summed E-state index contributed by atoms with van der Waals surface area (Å²) in [6.07, 6.45) is 0. The molecule has 4 rings (SSSR count). The summed E-state index contributed by atoms with van der Waals surface area (Å²) < 4.78 is 20.4. The van der Waals surface area contributed by atoms with Crippen LogP contribution in [0.5, 0.6) is 0 Å². The molecule has 152 valence electrons. The normalized spacial score (nSPS) is 16.0. The van der Waals surface area contributed by atoms with E-state index in [-0.39, 0.29) is 17.8 Å². The van der Waals surface area contributed by atoms with Crippen molar-refractivity contribution in [3.8, 4) is 0 Å². The van der Waals surface area contributed by atoms with Crippen LogP contribution in [0.15, 0.2) is 41.8 Å². The smallest absolute Gasteiger partial charge is 0.266 e. The second-order valence-electron chi connectivity index (χ2n) is 7.03. The van der Waals surface area contributed by atoms with Gasteiger partial charge in [0.25, 0.3) is 5.91 Å². The molecular formula is C22H23FN2O2S2. The lowest BCUT2D eigenvalue weighted by Crippen LogP contribution is -2.40. The number of thiophene rings is 2. The van der Waals surface area contributed by atoms with Gasteiger partial charge in [-0.25, -0.2) is 4.39 Å². The quantitative estimate of drug-likeness (QED) is 0.602. The highest BCUT2D eigenvalue weighted by Gasteiger charge is 2.32. The number of morpholine rings is 1. The van der Waals surface area contributed by atoms with Gasteiger partial charge in [0, 0.05) is 29.1 Å². The molecule has 29 heavy (non-hydrogen) atoms. The van der Waals surface area contributed by atoms with E-state index in [9.17, 15) is 9.18 Å². The van der Waals surface area contributed by atoms with Crippen molar-refractivity contribution in [2.45, 2.75) is 19.9 Å². The average Bonchev–Trinajstić information content (AvgIpc) is 3.35. The molecule has 1 saturated heterocycles. The van der Waals surface area contributed by atoms with Gasteiger partial charge in [-0.3, -0.25) is 9.69 Å².